The van der Waals surface area contributed by atoms with E-state index in [0.29, 0.717) is 30.1 Å². The average molecular weight is 416 g/mol. The maximum absolute atomic E-state index is 13.1. The molecule has 3 aliphatic rings. The van der Waals surface area contributed by atoms with E-state index < -0.39 is 0 Å². The molecule has 5 rings (SSSR count). The van der Waals surface area contributed by atoms with Crippen molar-refractivity contribution in [2.75, 3.05) is 0 Å². The highest BCUT2D eigenvalue weighted by atomic mass is 16.2. The molecular formula is C26H29N3O2. The molecule has 0 radical (unpaired) electrons. The van der Waals surface area contributed by atoms with Crippen molar-refractivity contribution in [3.63, 3.8) is 0 Å². The van der Waals surface area contributed by atoms with Gasteiger partial charge in [0.15, 0.2) is 0 Å². The van der Waals surface area contributed by atoms with Crippen LogP contribution in [0.1, 0.15) is 71.9 Å². The van der Waals surface area contributed by atoms with E-state index in [2.05, 4.69) is 31.3 Å². The van der Waals surface area contributed by atoms with Crippen LogP contribution in [-0.2, 0) is 13.1 Å². The van der Waals surface area contributed by atoms with Crippen LogP contribution in [0.15, 0.2) is 53.6 Å². The Balaban J connectivity index is 1.36. The molecule has 31 heavy (non-hydrogen) atoms. The Kier molecular flexibility index (Phi) is 4.54. The summed E-state index contributed by atoms with van der Waals surface area (Å²) in [5, 5.41) is 4.58. The van der Waals surface area contributed by atoms with Gasteiger partial charge < -0.3 is 4.90 Å². The molecule has 1 aliphatic heterocycles. The third-order valence-electron chi connectivity index (χ3n) is 8.28. The lowest BCUT2D eigenvalue weighted by molar-refractivity contribution is 0.0761. The molecule has 5 nitrogen and oxygen atoms in total. The van der Waals surface area contributed by atoms with Gasteiger partial charge in [0.2, 0.25) is 0 Å². The molecule has 1 heterocycles. The molecule has 2 atom stereocenters. The summed E-state index contributed by atoms with van der Waals surface area (Å²) in [5.41, 5.74) is 7.01. The van der Waals surface area contributed by atoms with Gasteiger partial charge >= 0.3 is 0 Å². The first-order valence-corrected chi connectivity index (χ1v) is 11.1. The highest BCUT2D eigenvalue weighted by Gasteiger charge is 2.60. The molecule has 2 saturated carbocycles. The predicted molar refractivity (Wildman–Crippen MR) is 121 cm³/mol. The maximum Gasteiger partial charge on any atom is 0.272 e. The molecule has 2 aromatic rings. The number of hydrazone groups is 1. The lowest BCUT2D eigenvalue weighted by Crippen LogP contribution is -2.34. The van der Waals surface area contributed by atoms with Gasteiger partial charge in [-0.15, -0.1) is 0 Å². The minimum absolute atomic E-state index is 0.0336. The Bertz CT molecular complexity index is 1090. The fourth-order valence-corrected chi connectivity index (χ4v) is 5.82. The van der Waals surface area contributed by atoms with Crippen LogP contribution in [0.5, 0.6) is 0 Å². The topological polar surface area (TPSA) is 61.8 Å². The van der Waals surface area contributed by atoms with E-state index in [9.17, 15) is 9.59 Å². The molecule has 0 unspecified atom stereocenters. The summed E-state index contributed by atoms with van der Waals surface area (Å²) < 4.78 is 0. The summed E-state index contributed by atoms with van der Waals surface area (Å²) in [6, 6.07) is 15.4. The highest BCUT2D eigenvalue weighted by Crippen LogP contribution is 2.63. The van der Waals surface area contributed by atoms with Crippen molar-refractivity contribution >= 4 is 17.5 Å². The Morgan fingerprint density at radius 3 is 2.58 bits per heavy atom. The van der Waals surface area contributed by atoms with Crippen LogP contribution < -0.4 is 5.43 Å². The fourth-order valence-electron chi connectivity index (χ4n) is 5.82. The van der Waals surface area contributed by atoms with Gasteiger partial charge in [-0.25, -0.2) is 5.43 Å². The number of carbonyl (C=O) groups is 2. The second-order valence-corrected chi connectivity index (χ2v) is 9.98. The zero-order valence-electron chi connectivity index (χ0n) is 18.4. The lowest BCUT2D eigenvalue weighted by atomic mass is 9.70. The van der Waals surface area contributed by atoms with Crippen LogP contribution >= 0.6 is 0 Å². The first-order chi connectivity index (χ1) is 14.8. The van der Waals surface area contributed by atoms with Crippen molar-refractivity contribution in [2.45, 2.75) is 53.1 Å². The fraction of sp³-hybridized carbons (Fsp3) is 0.423. The second kappa shape index (κ2) is 7.04. The molecule has 2 bridgehead atoms. The Morgan fingerprint density at radius 2 is 1.90 bits per heavy atom. The van der Waals surface area contributed by atoms with Crippen molar-refractivity contribution in [1.29, 1.82) is 0 Å². The van der Waals surface area contributed by atoms with Gasteiger partial charge in [-0.2, -0.15) is 5.10 Å². The third kappa shape index (κ3) is 3.01. The largest absolute Gasteiger partial charge is 0.330 e. The Labute approximate surface area is 183 Å². The predicted octanol–water partition coefficient (Wildman–Crippen LogP) is 4.77. The van der Waals surface area contributed by atoms with Crippen molar-refractivity contribution in [3.8, 4) is 0 Å². The molecule has 160 valence electrons. The Morgan fingerprint density at radius 1 is 1.13 bits per heavy atom. The van der Waals surface area contributed by atoms with E-state index in [0.717, 1.165) is 29.7 Å². The van der Waals surface area contributed by atoms with Crippen LogP contribution in [-0.4, -0.2) is 22.4 Å². The number of benzene rings is 2. The lowest BCUT2D eigenvalue weighted by Gasteiger charge is -2.34. The quantitative estimate of drug-likeness (QED) is 0.731. The molecule has 2 fully saturated rings. The summed E-state index contributed by atoms with van der Waals surface area (Å²) in [5.74, 6) is 0.232. The first kappa shape index (κ1) is 20.0. The highest BCUT2D eigenvalue weighted by molar-refractivity contribution is 6.10. The van der Waals surface area contributed by atoms with Crippen molar-refractivity contribution in [3.05, 3.63) is 70.8 Å². The first-order valence-electron chi connectivity index (χ1n) is 11.1. The molecule has 0 spiro atoms. The van der Waals surface area contributed by atoms with E-state index in [4.69, 9.17) is 0 Å². The van der Waals surface area contributed by atoms with Crippen LogP contribution in [0.4, 0.5) is 0 Å². The minimum atomic E-state index is -0.302. The van der Waals surface area contributed by atoms with Crippen molar-refractivity contribution in [1.82, 2.24) is 10.3 Å². The average Bonchev–Trinajstić information content (AvgIpc) is 3.27. The zero-order chi connectivity index (χ0) is 21.8. The van der Waals surface area contributed by atoms with E-state index in [1.54, 1.807) is 11.0 Å². The van der Waals surface area contributed by atoms with Gasteiger partial charge in [-0.1, -0.05) is 63.2 Å². The van der Waals surface area contributed by atoms with Crippen LogP contribution in [0.25, 0.3) is 0 Å². The van der Waals surface area contributed by atoms with E-state index in [1.807, 2.05) is 42.5 Å². The second-order valence-electron chi connectivity index (χ2n) is 9.98. The van der Waals surface area contributed by atoms with Gasteiger partial charge in [0.05, 0.1) is 11.1 Å². The van der Waals surface area contributed by atoms with Crippen LogP contribution in [0.2, 0.25) is 0 Å². The molecule has 1 N–H and O–H groups in total. The Hall–Kier alpha value is -2.95. The maximum atomic E-state index is 13.1. The van der Waals surface area contributed by atoms with Crippen LogP contribution in [0, 0.1) is 16.7 Å². The van der Waals surface area contributed by atoms with Gasteiger partial charge in [-0.3, -0.25) is 9.59 Å². The molecule has 2 amide bonds. The number of fused-ring (bicyclic) bond motifs is 3. The van der Waals surface area contributed by atoms with E-state index >= 15 is 0 Å². The number of hydrogen-bond acceptors (Lipinski definition) is 3. The molecule has 2 aliphatic carbocycles. The third-order valence-corrected chi connectivity index (χ3v) is 8.28. The number of rotatable bonds is 4. The number of amides is 2. The smallest absolute Gasteiger partial charge is 0.272 e. The standard InChI is InChI=1S/C26H29N3O2/c1-25(2)19-12-13-26(25,3)21(14-19)27-28-23(30)20-11-7-10-18-16-29(24(31)22(18)20)15-17-8-5-4-6-9-17/h4-11,19H,12-16H2,1-3H3,(H,28,30)/b27-21+/t19-,26+/m1/s1. The van der Waals surface area contributed by atoms with Gasteiger partial charge in [0.1, 0.15) is 0 Å². The molecule has 5 heteroatoms. The number of nitrogens with zero attached hydrogens (tertiary/aromatic N) is 2. The van der Waals surface area contributed by atoms with Gasteiger partial charge in [0, 0.05) is 24.2 Å². The number of hydrogen-bond donors (Lipinski definition) is 1. The monoisotopic (exact) mass is 415 g/mol. The molecule has 0 saturated heterocycles. The normalized spacial score (nSPS) is 27.1. The summed E-state index contributed by atoms with van der Waals surface area (Å²) in [6.45, 7) is 7.97. The summed E-state index contributed by atoms with van der Waals surface area (Å²) in [4.78, 5) is 28.0. The summed E-state index contributed by atoms with van der Waals surface area (Å²) >= 11 is 0. The van der Waals surface area contributed by atoms with Crippen LogP contribution in [0.3, 0.4) is 0 Å². The molecular weight excluding hydrogens is 386 g/mol. The SMILES string of the molecule is CC1(C)[C@@H]2CC[C@@]1(C)/C(=N/NC(=O)c1cccc3c1C(=O)N(Cc1ccccc1)C3)C2. The van der Waals surface area contributed by atoms with Crippen molar-refractivity contribution < 1.29 is 9.59 Å². The number of carbonyl (C=O) groups excluding carboxylic acids is 2. The van der Waals surface area contributed by atoms with E-state index in [1.165, 1.54) is 6.42 Å². The minimum Gasteiger partial charge on any atom is -0.330 e. The van der Waals surface area contributed by atoms with Gasteiger partial charge in [0.25, 0.3) is 11.8 Å². The molecule has 2 aromatic carbocycles. The van der Waals surface area contributed by atoms with Crippen molar-refractivity contribution in [2.24, 2.45) is 21.8 Å². The summed E-state index contributed by atoms with van der Waals surface area (Å²) in [6.07, 6.45) is 3.29. The number of nitrogens with one attached hydrogen (secondary N) is 1. The molecule has 0 aromatic heterocycles. The zero-order valence-corrected chi connectivity index (χ0v) is 18.4. The van der Waals surface area contributed by atoms with E-state index in [-0.39, 0.29) is 22.6 Å². The van der Waals surface area contributed by atoms with Gasteiger partial charge in [-0.05, 0) is 47.8 Å². The summed E-state index contributed by atoms with van der Waals surface area (Å²) in [7, 11) is 0.